The number of esters is 1. The van der Waals surface area contributed by atoms with E-state index in [0.717, 1.165) is 29.4 Å². The molecule has 0 heterocycles. The van der Waals surface area contributed by atoms with Gasteiger partial charge in [0.15, 0.2) is 0 Å². The number of benzene rings is 1. The number of ether oxygens (including phenoxy) is 2. The monoisotopic (exact) mass is 297 g/mol. The van der Waals surface area contributed by atoms with Gasteiger partial charge < -0.3 is 14.8 Å². The van der Waals surface area contributed by atoms with E-state index >= 15 is 0 Å². The highest BCUT2D eigenvalue weighted by molar-refractivity contribution is 7.99. The quantitative estimate of drug-likeness (QED) is 0.560. The first-order chi connectivity index (χ1) is 9.71. The molecule has 5 heteroatoms. The third-order valence-electron chi connectivity index (χ3n) is 2.76. The molecular formula is C15H23NO3S. The lowest BCUT2D eigenvalue weighted by Gasteiger charge is -2.18. The van der Waals surface area contributed by atoms with Crippen LogP contribution in [-0.2, 0) is 9.53 Å². The molecule has 0 aliphatic heterocycles. The molecule has 0 saturated heterocycles. The third-order valence-corrected chi connectivity index (χ3v) is 3.69. The molecule has 0 spiro atoms. The van der Waals surface area contributed by atoms with Crippen molar-refractivity contribution in [2.45, 2.75) is 26.3 Å². The van der Waals surface area contributed by atoms with Crippen LogP contribution in [0, 0.1) is 0 Å². The summed E-state index contributed by atoms with van der Waals surface area (Å²) in [6, 6.07) is 7.23. The van der Waals surface area contributed by atoms with Crippen LogP contribution in [0.1, 0.15) is 20.3 Å². The molecule has 0 aliphatic carbocycles. The maximum atomic E-state index is 11.9. The van der Waals surface area contributed by atoms with Crippen molar-refractivity contribution < 1.29 is 14.3 Å². The number of carbonyl (C=O) groups is 1. The molecule has 112 valence electrons. The Bertz CT molecular complexity index is 395. The van der Waals surface area contributed by atoms with Crippen molar-refractivity contribution >= 4 is 23.4 Å². The summed E-state index contributed by atoms with van der Waals surface area (Å²) < 4.78 is 10.2. The van der Waals surface area contributed by atoms with E-state index in [1.807, 2.05) is 43.0 Å². The number of rotatable bonds is 9. The average molecular weight is 297 g/mol. The first-order valence-corrected chi connectivity index (χ1v) is 8.01. The Kier molecular flexibility index (Phi) is 7.95. The Morgan fingerprint density at radius 3 is 2.55 bits per heavy atom. The van der Waals surface area contributed by atoms with Crippen molar-refractivity contribution in [2.24, 2.45) is 0 Å². The van der Waals surface area contributed by atoms with Crippen LogP contribution in [0.2, 0.25) is 0 Å². The van der Waals surface area contributed by atoms with Crippen molar-refractivity contribution in [3.8, 4) is 5.75 Å². The molecule has 0 amide bonds. The molecule has 1 aromatic carbocycles. The summed E-state index contributed by atoms with van der Waals surface area (Å²) in [5.74, 6) is 2.59. The Hall–Kier alpha value is -1.36. The van der Waals surface area contributed by atoms with Crippen LogP contribution in [-0.4, -0.2) is 37.2 Å². The first kappa shape index (κ1) is 16.7. The number of carbonyl (C=O) groups excluding carboxylic acids is 1. The zero-order valence-corrected chi connectivity index (χ0v) is 13.2. The van der Waals surface area contributed by atoms with E-state index in [4.69, 9.17) is 9.47 Å². The number of anilines is 1. The molecule has 20 heavy (non-hydrogen) atoms. The average Bonchev–Trinajstić information content (AvgIpc) is 2.47. The van der Waals surface area contributed by atoms with Gasteiger partial charge in [0.05, 0.1) is 13.7 Å². The van der Waals surface area contributed by atoms with Crippen LogP contribution < -0.4 is 10.1 Å². The first-order valence-electron chi connectivity index (χ1n) is 6.86. The van der Waals surface area contributed by atoms with Gasteiger partial charge in [-0.15, -0.1) is 0 Å². The number of hydrogen-bond acceptors (Lipinski definition) is 5. The van der Waals surface area contributed by atoms with Crippen LogP contribution in [0.5, 0.6) is 5.75 Å². The Morgan fingerprint density at radius 1 is 1.30 bits per heavy atom. The maximum Gasteiger partial charge on any atom is 0.328 e. The predicted octanol–water partition coefficient (Wildman–Crippen LogP) is 3.18. The molecule has 4 nitrogen and oxygen atoms in total. The Balaban J connectivity index is 2.63. The van der Waals surface area contributed by atoms with E-state index in [2.05, 4.69) is 12.2 Å². The second-order valence-corrected chi connectivity index (χ2v) is 5.56. The van der Waals surface area contributed by atoms with E-state index in [1.54, 1.807) is 7.11 Å². The van der Waals surface area contributed by atoms with Crippen LogP contribution >= 0.6 is 11.8 Å². The summed E-state index contributed by atoms with van der Waals surface area (Å²) in [6.45, 7) is 4.34. The van der Waals surface area contributed by atoms with Crippen LogP contribution in [0.25, 0.3) is 0 Å². The highest BCUT2D eigenvalue weighted by atomic mass is 32.2. The normalized spacial score (nSPS) is 11.8. The van der Waals surface area contributed by atoms with Crippen LogP contribution in [0.4, 0.5) is 5.69 Å². The molecule has 1 atom stereocenters. The largest absolute Gasteiger partial charge is 0.497 e. The van der Waals surface area contributed by atoms with Gasteiger partial charge in [-0.2, -0.15) is 11.8 Å². The molecule has 0 radical (unpaired) electrons. The van der Waals surface area contributed by atoms with Gasteiger partial charge in [-0.3, -0.25) is 0 Å². The van der Waals surface area contributed by atoms with Crippen molar-refractivity contribution in [2.75, 3.05) is 30.5 Å². The van der Waals surface area contributed by atoms with E-state index in [1.165, 1.54) is 0 Å². The molecule has 1 unspecified atom stereocenters. The fourth-order valence-corrected chi connectivity index (χ4v) is 2.42. The maximum absolute atomic E-state index is 11.9. The third kappa shape index (κ3) is 5.74. The van der Waals surface area contributed by atoms with Gasteiger partial charge in [0.25, 0.3) is 0 Å². The standard InChI is InChI=1S/C15H23NO3S/c1-4-19-15(17)14(10-11-20-5-2)16-12-6-8-13(18-3)9-7-12/h6-9,14,16H,4-5,10-11H2,1-3H3. The number of hydrogen-bond donors (Lipinski definition) is 1. The van der Waals surface area contributed by atoms with Gasteiger partial charge in [-0.1, -0.05) is 6.92 Å². The van der Waals surface area contributed by atoms with E-state index in [-0.39, 0.29) is 12.0 Å². The SMILES string of the molecule is CCOC(=O)C(CCSCC)Nc1ccc(OC)cc1. The summed E-state index contributed by atoms with van der Waals surface area (Å²) in [5.41, 5.74) is 0.894. The minimum absolute atomic E-state index is 0.194. The number of nitrogens with one attached hydrogen (secondary N) is 1. The minimum Gasteiger partial charge on any atom is -0.497 e. The molecule has 1 N–H and O–H groups in total. The molecule has 0 aromatic heterocycles. The zero-order chi connectivity index (χ0) is 14.8. The van der Waals surface area contributed by atoms with Gasteiger partial charge in [-0.25, -0.2) is 4.79 Å². The van der Waals surface area contributed by atoms with E-state index in [9.17, 15) is 4.79 Å². The van der Waals surface area contributed by atoms with Crippen LogP contribution in [0.15, 0.2) is 24.3 Å². The summed E-state index contributed by atoms with van der Waals surface area (Å²) in [7, 11) is 1.63. The van der Waals surface area contributed by atoms with Crippen LogP contribution in [0.3, 0.4) is 0 Å². The second-order valence-electron chi connectivity index (χ2n) is 4.16. The van der Waals surface area contributed by atoms with Gasteiger partial charge in [0.1, 0.15) is 11.8 Å². The lowest BCUT2D eigenvalue weighted by atomic mass is 10.2. The Morgan fingerprint density at radius 2 is 2.00 bits per heavy atom. The lowest BCUT2D eigenvalue weighted by molar-refractivity contribution is -0.144. The van der Waals surface area contributed by atoms with Gasteiger partial charge in [0.2, 0.25) is 0 Å². The Labute approximate surface area is 125 Å². The van der Waals surface area contributed by atoms with E-state index < -0.39 is 0 Å². The van der Waals surface area contributed by atoms with Gasteiger partial charge in [-0.05, 0) is 49.1 Å². The summed E-state index contributed by atoms with van der Waals surface area (Å²) in [4.78, 5) is 11.9. The van der Waals surface area contributed by atoms with Gasteiger partial charge in [0, 0.05) is 5.69 Å². The highest BCUT2D eigenvalue weighted by Gasteiger charge is 2.19. The smallest absolute Gasteiger partial charge is 0.328 e. The topological polar surface area (TPSA) is 47.6 Å². The number of methoxy groups -OCH3 is 1. The molecule has 1 rings (SSSR count). The second kappa shape index (κ2) is 9.53. The molecule has 1 aromatic rings. The fourth-order valence-electron chi connectivity index (χ4n) is 1.73. The summed E-state index contributed by atoms with van der Waals surface area (Å²) >= 11 is 1.82. The molecular weight excluding hydrogens is 274 g/mol. The van der Waals surface area contributed by atoms with E-state index in [0.29, 0.717) is 6.61 Å². The molecule has 0 bridgehead atoms. The summed E-state index contributed by atoms with van der Waals surface area (Å²) in [5, 5.41) is 3.23. The van der Waals surface area contributed by atoms with Crippen molar-refractivity contribution in [3.63, 3.8) is 0 Å². The molecule has 0 aliphatic rings. The fraction of sp³-hybridized carbons (Fsp3) is 0.533. The predicted molar refractivity (Wildman–Crippen MR) is 84.7 cm³/mol. The van der Waals surface area contributed by atoms with Crippen molar-refractivity contribution in [1.82, 2.24) is 0 Å². The zero-order valence-electron chi connectivity index (χ0n) is 12.3. The van der Waals surface area contributed by atoms with Gasteiger partial charge >= 0.3 is 5.97 Å². The van der Waals surface area contributed by atoms with Crippen molar-refractivity contribution in [1.29, 1.82) is 0 Å². The molecule has 0 fully saturated rings. The minimum atomic E-state index is -0.303. The lowest BCUT2D eigenvalue weighted by Crippen LogP contribution is -2.32. The number of thioether (sulfide) groups is 1. The van der Waals surface area contributed by atoms with Crippen molar-refractivity contribution in [3.05, 3.63) is 24.3 Å². The highest BCUT2D eigenvalue weighted by Crippen LogP contribution is 2.17. The summed E-state index contributed by atoms with van der Waals surface area (Å²) in [6.07, 6.45) is 0.753. The molecule has 0 saturated carbocycles.